The van der Waals surface area contributed by atoms with E-state index in [1.807, 2.05) is 0 Å². The van der Waals surface area contributed by atoms with E-state index < -0.39 is 11.9 Å². The van der Waals surface area contributed by atoms with Gasteiger partial charge in [-0.2, -0.15) is 0 Å². The third-order valence-corrected chi connectivity index (χ3v) is 2.13. The number of carbonyl (C=O) groups is 2. The molecule has 0 aliphatic heterocycles. The highest BCUT2D eigenvalue weighted by Crippen LogP contribution is 2.05. The number of pyridine rings is 1. The Labute approximate surface area is 98.8 Å². The summed E-state index contributed by atoms with van der Waals surface area (Å²) >= 11 is 0. The SMILES string of the molecule is NC(=O)c1cccc(NCCCCC(=O)O)n1. The van der Waals surface area contributed by atoms with Crippen LogP contribution in [0.5, 0.6) is 0 Å². The minimum absolute atomic E-state index is 0.163. The van der Waals surface area contributed by atoms with Crippen LogP contribution in [0, 0.1) is 0 Å². The first-order valence-electron chi connectivity index (χ1n) is 5.32. The van der Waals surface area contributed by atoms with Gasteiger partial charge in [-0.3, -0.25) is 9.59 Å². The summed E-state index contributed by atoms with van der Waals surface area (Å²) in [6.07, 6.45) is 1.50. The lowest BCUT2D eigenvalue weighted by Gasteiger charge is -2.05. The number of nitrogens with zero attached hydrogens (tertiary/aromatic N) is 1. The van der Waals surface area contributed by atoms with E-state index in [2.05, 4.69) is 10.3 Å². The minimum atomic E-state index is -0.793. The molecule has 0 saturated carbocycles. The first-order valence-corrected chi connectivity index (χ1v) is 5.32. The molecule has 6 nitrogen and oxygen atoms in total. The van der Waals surface area contributed by atoms with Crippen LogP contribution in [0.1, 0.15) is 29.8 Å². The van der Waals surface area contributed by atoms with Crippen LogP contribution in [-0.4, -0.2) is 28.5 Å². The quantitative estimate of drug-likeness (QED) is 0.609. The second-order valence-electron chi connectivity index (χ2n) is 3.55. The summed E-state index contributed by atoms with van der Waals surface area (Å²) < 4.78 is 0. The van der Waals surface area contributed by atoms with E-state index in [-0.39, 0.29) is 12.1 Å². The molecule has 0 unspecified atom stereocenters. The molecule has 1 heterocycles. The molecule has 0 fully saturated rings. The van der Waals surface area contributed by atoms with Crippen molar-refractivity contribution in [1.29, 1.82) is 0 Å². The smallest absolute Gasteiger partial charge is 0.303 e. The summed E-state index contributed by atoms with van der Waals surface area (Å²) in [7, 11) is 0. The number of hydrogen-bond acceptors (Lipinski definition) is 4. The van der Waals surface area contributed by atoms with E-state index in [1.165, 1.54) is 6.07 Å². The molecule has 0 aromatic carbocycles. The number of rotatable bonds is 7. The number of amides is 1. The summed E-state index contributed by atoms with van der Waals surface area (Å²) in [4.78, 5) is 25.1. The number of carboxylic acid groups (broad SMARTS) is 1. The van der Waals surface area contributed by atoms with E-state index in [0.717, 1.165) is 6.42 Å². The second-order valence-corrected chi connectivity index (χ2v) is 3.55. The summed E-state index contributed by atoms with van der Waals surface area (Å²) in [6.45, 7) is 0.614. The molecule has 0 aliphatic carbocycles. The van der Waals surface area contributed by atoms with Crippen LogP contribution in [0.2, 0.25) is 0 Å². The van der Waals surface area contributed by atoms with Crippen molar-refractivity contribution >= 4 is 17.7 Å². The van der Waals surface area contributed by atoms with Crippen molar-refractivity contribution in [3.05, 3.63) is 23.9 Å². The summed E-state index contributed by atoms with van der Waals surface area (Å²) in [6, 6.07) is 4.95. The van der Waals surface area contributed by atoms with E-state index in [4.69, 9.17) is 10.8 Å². The lowest BCUT2D eigenvalue weighted by Crippen LogP contribution is -2.14. The van der Waals surface area contributed by atoms with Crippen molar-refractivity contribution in [2.75, 3.05) is 11.9 Å². The van der Waals surface area contributed by atoms with Crippen molar-refractivity contribution in [2.45, 2.75) is 19.3 Å². The van der Waals surface area contributed by atoms with Crippen molar-refractivity contribution in [3.8, 4) is 0 Å². The molecule has 17 heavy (non-hydrogen) atoms. The number of unbranched alkanes of at least 4 members (excludes halogenated alkanes) is 1. The second kappa shape index (κ2) is 6.47. The Kier molecular flexibility index (Phi) is 4.93. The van der Waals surface area contributed by atoms with Gasteiger partial charge >= 0.3 is 5.97 Å². The molecule has 92 valence electrons. The zero-order chi connectivity index (χ0) is 12.7. The average molecular weight is 237 g/mol. The maximum absolute atomic E-state index is 10.9. The number of aromatic nitrogens is 1. The molecule has 1 aromatic heterocycles. The van der Waals surface area contributed by atoms with Crippen LogP contribution < -0.4 is 11.1 Å². The Bertz CT molecular complexity index is 407. The number of anilines is 1. The van der Waals surface area contributed by atoms with E-state index >= 15 is 0 Å². The van der Waals surface area contributed by atoms with Crippen molar-refractivity contribution in [3.63, 3.8) is 0 Å². The number of aliphatic carboxylic acids is 1. The maximum atomic E-state index is 10.9. The van der Waals surface area contributed by atoms with Gasteiger partial charge in [0, 0.05) is 13.0 Å². The molecule has 0 atom stereocenters. The molecule has 6 heteroatoms. The number of hydrogen-bond donors (Lipinski definition) is 3. The molecular formula is C11H15N3O3. The van der Waals surface area contributed by atoms with E-state index in [1.54, 1.807) is 12.1 Å². The van der Waals surface area contributed by atoms with Crippen LogP contribution in [0.25, 0.3) is 0 Å². The number of carboxylic acids is 1. The lowest BCUT2D eigenvalue weighted by atomic mass is 10.2. The van der Waals surface area contributed by atoms with Crippen molar-refractivity contribution in [2.24, 2.45) is 5.73 Å². The normalized spacial score (nSPS) is 9.88. The van der Waals surface area contributed by atoms with E-state index in [9.17, 15) is 9.59 Å². The fourth-order valence-electron chi connectivity index (χ4n) is 1.29. The largest absolute Gasteiger partial charge is 0.481 e. The highest BCUT2D eigenvalue weighted by atomic mass is 16.4. The number of nitrogens with one attached hydrogen (secondary N) is 1. The minimum Gasteiger partial charge on any atom is -0.481 e. The topological polar surface area (TPSA) is 105 Å². The van der Waals surface area contributed by atoms with Gasteiger partial charge in [0.2, 0.25) is 0 Å². The fraction of sp³-hybridized carbons (Fsp3) is 0.364. The van der Waals surface area contributed by atoms with Gasteiger partial charge in [-0.25, -0.2) is 4.98 Å². The predicted molar refractivity (Wildman–Crippen MR) is 62.7 cm³/mol. The first kappa shape index (κ1) is 13.0. The van der Waals surface area contributed by atoms with Crippen LogP contribution in [0.4, 0.5) is 5.82 Å². The zero-order valence-electron chi connectivity index (χ0n) is 9.35. The molecular weight excluding hydrogens is 222 g/mol. The molecule has 0 bridgehead atoms. The van der Waals surface area contributed by atoms with Gasteiger partial charge in [-0.05, 0) is 25.0 Å². The molecule has 0 saturated heterocycles. The Morgan fingerprint density at radius 3 is 2.76 bits per heavy atom. The highest BCUT2D eigenvalue weighted by molar-refractivity contribution is 5.91. The van der Waals surface area contributed by atoms with Gasteiger partial charge in [-0.15, -0.1) is 0 Å². The van der Waals surface area contributed by atoms with Gasteiger partial charge in [-0.1, -0.05) is 6.07 Å². The van der Waals surface area contributed by atoms with Gasteiger partial charge in [0.15, 0.2) is 0 Å². The number of primary amides is 1. The average Bonchev–Trinajstić information content (AvgIpc) is 2.28. The Morgan fingerprint density at radius 2 is 2.12 bits per heavy atom. The predicted octanol–water partition coefficient (Wildman–Crippen LogP) is 0.847. The van der Waals surface area contributed by atoms with Crippen molar-refractivity contribution in [1.82, 2.24) is 4.98 Å². The number of nitrogens with two attached hydrogens (primary N) is 1. The molecule has 0 aliphatic rings. The molecule has 4 N–H and O–H groups in total. The van der Waals surface area contributed by atoms with Crippen LogP contribution in [-0.2, 0) is 4.79 Å². The standard InChI is InChI=1S/C11H15N3O3/c12-11(17)8-4-3-5-9(14-8)13-7-2-1-6-10(15)16/h3-5H,1-2,6-7H2,(H2,12,17)(H,13,14)(H,15,16). The van der Waals surface area contributed by atoms with Crippen LogP contribution in [0.3, 0.4) is 0 Å². The lowest BCUT2D eigenvalue weighted by molar-refractivity contribution is -0.137. The van der Waals surface area contributed by atoms with E-state index in [0.29, 0.717) is 18.8 Å². The Morgan fingerprint density at radius 1 is 1.35 bits per heavy atom. The van der Waals surface area contributed by atoms with Gasteiger partial charge in [0.25, 0.3) is 5.91 Å². The van der Waals surface area contributed by atoms with Crippen LogP contribution in [0.15, 0.2) is 18.2 Å². The fourth-order valence-corrected chi connectivity index (χ4v) is 1.29. The van der Waals surface area contributed by atoms with Gasteiger partial charge in [0.05, 0.1) is 0 Å². The molecule has 0 spiro atoms. The van der Waals surface area contributed by atoms with Crippen LogP contribution >= 0.6 is 0 Å². The summed E-state index contributed by atoms with van der Waals surface area (Å²) in [5, 5.41) is 11.4. The Balaban J connectivity index is 2.34. The van der Waals surface area contributed by atoms with Gasteiger partial charge < -0.3 is 16.2 Å². The summed E-state index contributed by atoms with van der Waals surface area (Å²) in [5.41, 5.74) is 5.31. The van der Waals surface area contributed by atoms with Gasteiger partial charge in [0.1, 0.15) is 11.5 Å². The Hall–Kier alpha value is -2.11. The molecule has 1 amide bonds. The maximum Gasteiger partial charge on any atom is 0.303 e. The third kappa shape index (κ3) is 4.96. The molecule has 1 rings (SSSR count). The zero-order valence-corrected chi connectivity index (χ0v) is 9.35. The molecule has 1 aromatic rings. The third-order valence-electron chi connectivity index (χ3n) is 2.13. The first-order chi connectivity index (χ1) is 8.09. The van der Waals surface area contributed by atoms with Crippen molar-refractivity contribution < 1.29 is 14.7 Å². The molecule has 0 radical (unpaired) electrons. The monoisotopic (exact) mass is 237 g/mol. The number of carbonyl (C=O) groups excluding carboxylic acids is 1. The summed E-state index contributed by atoms with van der Waals surface area (Å²) in [5.74, 6) is -0.796. The highest BCUT2D eigenvalue weighted by Gasteiger charge is 2.02.